The smallest absolute Gasteiger partial charge is 0.126 e. The van der Waals surface area contributed by atoms with E-state index in [0.29, 0.717) is 17.2 Å². The number of nitrogens with zero attached hydrogens (tertiary/aromatic N) is 2. The lowest BCUT2D eigenvalue weighted by molar-refractivity contribution is 0.321. The molecule has 0 aliphatic heterocycles. The molecule has 1 fully saturated rings. The van der Waals surface area contributed by atoms with E-state index in [9.17, 15) is 4.39 Å². The highest BCUT2D eigenvalue weighted by molar-refractivity contribution is 5.87. The van der Waals surface area contributed by atoms with Crippen molar-refractivity contribution in [2.75, 3.05) is 0 Å². The van der Waals surface area contributed by atoms with Crippen molar-refractivity contribution in [2.45, 2.75) is 32.2 Å². The van der Waals surface area contributed by atoms with Crippen molar-refractivity contribution in [1.29, 1.82) is 5.26 Å². The largest absolute Gasteiger partial charge is 0.343 e. The molecule has 2 aromatic rings. The maximum Gasteiger partial charge on any atom is 0.126 e. The van der Waals surface area contributed by atoms with Crippen molar-refractivity contribution in [3.63, 3.8) is 0 Å². The third-order valence-corrected chi connectivity index (χ3v) is 3.70. The van der Waals surface area contributed by atoms with Gasteiger partial charge in [-0.05, 0) is 43.9 Å². The van der Waals surface area contributed by atoms with E-state index in [2.05, 4.69) is 10.6 Å². The minimum Gasteiger partial charge on any atom is -0.343 e. The molecule has 1 saturated carbocycles. The molecule has 0 spiro atoms. The summed E-state index contributed by atoms with van der Waals surface area (Å²) in [4.78, 5) is 0. The number of fused-ring (bicyclic) bond motifs is 1. The lowest BCUT2D eigenvalue weighted by Gasteiger charge is -2.28. The van der Waals surface area contributed by atoms with Crippen LogP contribution in [-0.4, -0.2) is 4.57 Å². The summed E-state index contributed by atoms with van der Waals surface area (Å²) in [6, 6.07) is 5.98. The van der Waals surface area contributed by atoms with Gasteiger partial charge in [0.15, 0.2) is 0 Å². The van der Waals surface area contributed by atoms with Crippen LogP contribution in [0.2, 0.25) is 0 Å². The van der Waals surface area contributed by atoms with Crippen molar-refractivity contribution in [1.82, 2.24) is 4.57 Å². The molecule has 0 radical (unpaired) electrons. The van der Waals surface area contributed by atoms with Gasteiger partial charge in [-0.2, -0.15) is 5.26 Å². The molecule has 3 rings (SSSR count). The van der Waals surface area contributed by atoms with Crippen LogP contribution in [-0.2, 0) is 0 Å². The molecular formula is C14H13FN2. The first-order valence-electron chi connectivity index (χ1n) is 5.91. The highest BCUT2D eigenvalue weighted by Crippen LogP contribution is 2.36. The Kier molecular flexibility index (Phi) is 2.19. The van der Waals surface area contributed by atoms with Crippen LogP contribution in [0.5, 0.6) is 0 Å². The Balaban J connectivity index is 2.29. The van der Waals surface area contributed by atoms with Crippen LogP contribution in [0, 0.1) is 24.1 Å². The van der Waals surface area contributed by atoms with Crippen molar-refractivity contribution >= 4 is 10.9 Å². The van der Waals surface area contributed by atoms with E-state index in [4.69, 9.17) is 5.26 Å². The Morgan fingerprint density at radius 3 is 2.76 bits per heavy atom. The van der Waals surface area contributed by atoms with Gasteiger partial charge in [0.25, 0.3) is 0 Å². The summed E-state index contributed by atoms with van der Waals surface area (Å²) in [5.41, 5.74) is 2.21. The Bertz CT molecular complexity index is 630. The van der Waals surface area contributed by atoms with Crippen LogP contribution in [0.25, 0.3) is 10.9 Å². The first-order chi connectivity index (χ1) is 8.20. The molecule has 0 N–H and O–H groups in total. The van der Waals surface area contributed by atoms with Gasteiger partial charge < -0.3 is 4.57 Å². The number of aromatic nitrogens is 1. The Hall–Kier alpha value is -1.82. The molecule has 1 aliphatic carbocycles. The van der Waals surface area contributed by atoms with Crippen molar-refractivity contribution in [3.05, 3.63) is 35.3 Å². The molecule has 0 unspecified atom stereocenters. The molecule has 2 nitrogen and oxygen atoms in total. The Labute approximate surface area is 99.3 Å². The fraction of sp³-hybridized carbons (Fsp3) is 0.357. The quantitative estimate of drug-likeness (QED) is 0.731. The van der Waals surface area contributed by atoms with E-state index in [-0.39, 0.29) is 5.82 Å². The molecular weight excluding hydrogens is 215 g/mol. The number of benzene rings is 1. The summed E-state index contributed by atoms with van der Waals surface area (Å²) in [5.74, 6) is -0.236. The van der Waals surface area contributed by atoms with Gasteiger partial charge in [-0.15, -0.1) is 0 Å². The SMILES string of the molecule is Cc1cc2c(cc1F)c(C#N)cn2C1CCC1. The number of rotatable bonds is 1. The molecule has 86 valence electrons. The van der Waals surface area contributed by atoms with Crippen molar-refractivity contribution < 1.29 is 4.39 Å². The number of halogens is 1. The first kappa shape index (κ1) is 10.3. The van der Waals surface area contributed by atoms with Crippen LogP contribution in [0.3, 0.4) is 0 Å². The van der Waals surface area contributed by atoms with Crippen LogP contribution in [0.4, 0.5) is 4.39 Å². The summed E-state index contributed by atoms with van der Waals surface area (Å²) >= 11 is 0. The molecule has 1 heterocycles. The standard InChI is InChI=1S/C14H13FN2/c1-9-5-14-12(6-13(9)15)10(7-16)8-17(14)11-3-2-4-11/h5-6,8,11H,2-4H2,1H3. The third-order valence-electron chi connectivity index (χ3n) is 3.70. The van der Waals surface area contributed by atoms with Crippen LogP contribution in [0.1, 0.15) is 36.4 Å². The Morgan fingerprint density at radius 1 is 1.41 bits per heavy atom. The second kappa shape index (κ2) is 3.59. The van der Waals surface area contributed by atoms with Crippen LogP contribution in [0.15, 0.2) is 18.3 Å². The van der Waals surface area contributed by atoms with E-state index in [1.165, 1.54) is 12.5 Å². The second-order valence-electron chi connectivity index (χ2n) is 4.77. The monoisotopic (exact) mass is 228 g/mol. The molecule has 0 atom stereocenters. The molecule has 17 heavy (non-hydrogen) atoms. The summed E-state index contributed by atoms with van der Waals surface area (Å²) in [7, 11) is 0. The normalized spacial score (nSPS) is 15.8. The van der Waals surface area contributed by atoms with Gasteiger partial charge in [0, 0.05) is 17.6 Å². The predicted octanol–water partition coefficient (Wildman–Crippen LogP) is 3.69. The Morgan fingerprint density at radius 2 is 2.18 bits per heavy atom. The lowest BCUT2D eigenvalue weighted by atomic mass is 9.93. The maximum absolute atomic E-state index is 13.6. The summed E-state index contributed by atoms with van der Waals surface area (Å²) in [5, 5.41) is 9.83. The number of hydrogen-bond acceptors (Lipinski definition) is 1. The first-order valence-corrected chi connectivity index (χ1v) is 5.91. The minimum atomic E-state index is -0.236. The number of nitriles is 1. The van der Waals surface area contributed by atoms with Crippen LogP contribution < -0.4 is 0 Å². The number of hydrogen-bond donors (Lipinski definition) is 0. The molecule has 0 bridgehead atoms. The maximum atomic E-state index is 13.6. The predicted molar refractivity (Wildman–Crippen MR) is 64.2 cm³/mol. The van der Waals surface area contributed by atoms with Gasteiger partial charge in [-0.1, -0.05) is 0 Å². The molecule has 0 amide bonds. The molecule has 0 saturated heterocycles. The average molecular weight is 228 g/mol. The zero-order valence-corrected chi connectivity index (χ0v) is 9.70. The molecule has 1 aliphatic rings. The molecule has 1 aromatic carbocycles. The topological polar surface area (TPSA) is 28.7 Å². The van der Waals surface area contributed by atoms with E-state index in [0.717, 1.165) is 23.7 Å². The highest BCUT2D eigenvalue weighted by Gasteiger charge is 2.22. The van der Waals surface area contributed by atoms with Gasteiger partial charge in [-0.25, -0.2) is 4.39 Å². The summed E-state index contributed by atoms with van der Waals surface area (Å²) in [6.45, 7) is 1.76. The zero-order valence-electron chi connectivity index (χ0n) is 9.70. The number of aryl methyl sites for hydroxylation is 1. The van der Waals surface area contributed by atoms with Gasteiger partial charge in [0.1, 0.15) is 11.9 Å². The minimum absolute atomic E-state index is 0.236. The van der Waals surface area contributed by atoms with Crippen LogP contribution >= 0.6 is 0 Å². The summed E-state index contributed by atoms with van der Waals surface area (Å²) in [6.07, 6.45) is 5.43. The third kappa shape index (κ3) is 1.44. The van der Waals surface area contributed by atoms with Crippen molar-refractivity contribution in [2.24, 2.45) is 0 Å². The van der Waals surface area contributed by atoms with E-state index >= 15 is 0 Å². The molecule has 1 aromatic heterocycles. The summed E-state index contributed by atoms with van der Waals surface area (Å²) < 4.78 is 15.7. The van der Waals surface area contributed by atoms with E-state index < -0.39 is 0 Å². The second-order valence-corrected chi connectivity index (χ2v) is 4.77. The van der Waals surface area contributed by atoms with Crippen molar-refractivity contribution in [3.8, 4) is 6.07 Å². The van der Waals surface area contributed by atoms with Gasteiger partial charge in [0.05, 0.1) is 11.1 Å². The van der Waals surface area contributed by atoms with E-state index in [1.807, 2.05) is 12.3 Å². The fourth-order valence-corrected chi connectivity index (χ4v) is 2.43. The highest BCUT2D eigenvalue weighted by atomic mass is 19.1. The van der Waals surface area contributed by atoms with Gasteiger partial charge in [0.2, 0.25) is 0 Å². The fourth-order valence-electron chi connectivity index (χ4n) is 2.43. The lowest BCUT2D eigenvalue weighted by Crippen LogP contribution is -2.15. The average Bonchev–Trinajstić information content (AvgIpc) is 2.56. The molecule has 3 heteroatoms. The zero-order chi connectivity index (χ0) is 12.0. The van der Waals surface area contributed by atoms with E-state index in [1.54, 1.807) is 6.92 Å². The van der Waals surface area contributed by atoms with Gasteiger partial charge >= 0.3 is 0 Å². The van der Waals surface area contributed by atoms with Gasteiger partial charge in [-0.3, -0.25) is 0 Å².